The van der Waals surface area contributed by atoms with E-state index >= 15 is 0 Å². The second kappa shape index (κ2) is 56.5. The largest absolute Gasteiger partial charge is 0.491 e. The van der Waals surface area contributed by atoms with Gasteiger partial charge in [-0.15, -0.1) is 0 Å². The molecule has 10 N–H and O–H groups in total. The third-order valence-corrected chi connectivity index (χ3v) is 9.34. The quantitative estimate of drug-likeness (QED) is 0.0177. The Morgan fingerprint density at radius 2 is 0.516 bits per heavy atom. The van der Waals surface area contributed by atoms with Crippen LogP contribution in [0.15, 0.2) is 121 Å². The molecule has 0 bridgehead atoms. The molecule has 0 saturated carbocycles. The number of nitrogens with one attached hydrogen (secondary N) is 5. The van der Waals surface area contributed by atoms with Crippen LogP contribution >= 0.6 is 0 Å². The average molecular weight is 1390 g/mol. The van der Waals surface area contributed by atoms with Crippen LogP contribution in [0.4, 0.5) is 0 Å². The van der Waals surface area contributed by atoms with E-state index in [0.29, 0.717) is 0 Å². The van der Waals surface area contributed by atoms with E-state index < -0.39 is 212 Å². The summed E-state index contributed by atoms with van der Waals surface area (Å²) in [4.78, 5) is 0. The summed E-state index contributed by atoms with van der Waals surface area (Å²) in [5.41, 5.74) is -0.613. The second-order valence-corrected chi connectivity index (χ2v) is 18.2. The van der Waals surface area contributed by atoms with Crippen LogP contribution in [-0.4, -0.2) is 220 Å². The molecule has 20 heteroatoms. The first-order chi connectivity index (χ1) is 66.2. The Bertz CT molecular complexity index is 4980. The molecular weight excluding hydrogens is 1210 g/mol. The lowest BCUT2D eigenvalue weighted by atomic mass is 10.1. The molecule has 0 aromatic heterocycles. The molecule has 7 unspecified atom stereocenters. The first-order valence-corrected chi connectivity index (χ1v) is 27.7. The summed E-state index contributed by atoms with van der Waals surface area (Å²) in [5.74, 6) is -1.03. The van der Waals surface area contributed by atoms with E-state index in [1.54, 1.807) is 19.2 Å². The van der Waals surface area contributed by atoms with Crippen LogP contribution in [-0.2, 0) is 55.5 Å². The maximum Gasteiger partial charge on any atom is 0.119 e. The van der Waals surface area contributed by atoms with Gasteiger partial charge in [0.1, 0.15) is 92.1 Å². The van der Waals surface area contributed by atoms with Crippen LogP contribution in [0.1, 0.15) is 172 Å². The standard InChI is InChI=1S/5C15H25NO3/c5*1-12(2)16-10-14(17)11-19-15-6-4-13(5-7-15)8-9-18-3/h5*4-7,12,14,16-17H,8-11H2,1-3H3/i1D3,2D3,8D2,9D2,10D2,11D2,12D;1D3,8D2,9D2,10D2,11D2,12D;8D2,9D2,10D2,11D2,12D;1D3,8D2,9D2,10D2,11D2;8D2,9D2,10D2,11D2. The highest BCUT2D eigenvalue weighted by Crippen LogP contribution is 2.17. The summed E-state index contributed by atoms with van der Waals surface area (Å²) < 4.78 is 470. The number of benzene rings is 5. The number of methoxy groups -OCH3 is 5. The Labute approximate surface area is 648 Å². The van der Waals surface area contributed by atoms with Gasteiger partial charge in [0, 0.05) is 146 Å². The Hall–Kier alpha value is -5.50. The monoisotopic (exact) mass is 1390 g/mol. The highest BCUT2D eigenvalue weighted by atomic mass is 16.5. The Morgan fingerprint density at radius 1 is 0.305 bits per heavy atom. The van der Waals surface area contributed by atoms with Crippen molar-refractivity contribution in [2.45, 2.75) is 161 Å². The number of aryl methyl sites for hydroxylation is 5. The zero-order chi connectivity index (χ0) is 119. The minimum atomic E-state index is -3.60. The zero-order valence-corrected chi connectivity index (χ0v) is 53.9. The summed E-state index contributed by atoms with van der Waals surface area (Å²) in [6, 6.07) is 13.2. The van der Waals surface area contributed by atoms with E-state index in [4.69, 9.17) is 99.1 Å². The number of hydrogen-bond acceptors (Lipinski definition) is 20. The Morgan fingerprint density at radius 3 is 0.716 bits per heavy atom. The molecule has 0 saturated heterocycles. The number of hydrogen-bond donors (Lipinski definition) is 10. The van der Waals surface area contributed by atoms with Gasteiger partial charge in [-0.3, -0.25) is 0 Å². The third-order valence-electron chi connectivity index (χ3n) is 9.34. The molecule has 0 aliphatic heterocycles. The van der Waals surface area contributed by atoms with Gasteiger partial charge in [0.15, 0.2) is 0 Å². The maximum atomic E-state index is 10.3. The minimum Gasteiger partial charge on any atom is -0.491 e. The van der Waals surface area contributed by atoms with Crippen molar-refractivity contribution in [2.75, 3.05) is 134 Å². The van der Waals surface area contributed by atoms with Crippen molar-refractivity contribution in [2.24, 2.45) is 0 Å². The van der Waals surface area contributed by atoms with E-state index in [9.17, 15) is 25.5 Å². The second-order valence-electron chi connectivity index (χ2n) is 18.2. The molecule has 5 aromatic rings. The molecule has 0 amide bonds. The molecule has 0 aliphatic rings. The van der Waals surface area contributed by atoms with Gasteiger partial charge in [-0.05, 0) is 120 Å². The Balaban J connectivity index is 0.000000939. The molecule has 0 fully saturated rings. The number of ether oxygens (including phenoxy) is 10. The summed E-state index contributed by atoms with van der Waals surface area (Å²) in [6.07, 6.45) is -25.0. The SMILES string of the molecule is [2H]C(C)(C)NC([2H])([2H])C(O)C([2H])([2H])Oc1ccc(C([2H])([2H])C([2H])([2H])OC)cc1.[2H]C([2H])(NC(C)C)C(O)C([2H])([2H])Oc1ccc(C([2H])([2H])C([2H])([2H])OC)cc1.[2H]C([2H])(NC([2H])(C([2H])([2H])[2H])C([2H])([2H])[2H])C(O)C([2H])([2H])Oc1ccc(C([2H])([2H])C([2H])([2H])OC)cc1.[2H]C([2H])(NC([2H])(C)C([2H])([2H])[2H])C(O)C([2H])([2H])Oc1ccc(C([2H])([2H])C([2H])([2H])OC)cc1.[2H]C([2H])([2H])C(C)NC([2H])([2H])C(O)C([2H])([2H])Oc1ccc(C([2H])([2H])C([2H])([2H])OC)cc1. The first kappa shape index (κ1) is 33.6. The van der Waals surface area contributed by atoms with Gasteiger partial charge in [0.05, 0.1) is 60.2 Å². The minimum absolute atomic E-state index is 0.0559. The molecule has 540 valence electrons. The molecule has 95 heavy (non-hydrogen) atoms. The van der Waals surface area contributed by atoms with Gasteiger partial charge < -0.3 is 99.5 Å². The van der Waals surface area contributed by atoms with Crippen molar-refractivity contribution in [3.63, 3.8) is 0 Å². The molecule has 5 rings (SSSR count). The summed E-state index contributed by atoms with van der Waals surface area (Å²) in [6.45, 7) is -47.6. The van der Waals surface area contributed by atoms with E-state index in [0.717, 1.165) is 115 Å². The fourth-order valence-corrected chi connectivity index (χ4v) is 5.33. The Kier molecular flexibility index (Phi) is 20.0. The number of aliphatic hydroxyl groups is 5. The van der Waals surface area contributed by atoms with E-state index in [1.165, 1.54) is 74.6 Å². The van der Waals surface area contributed by atoms with Crippen molar-refractivity contribution < 1.29 is 148 Å². The summed E-state index contributed by atoms with van der Waals surface area (Å²) in [7, 11) is 5.06. The van der Waals surface area contributed by atoms with Crippen molar-refractivity contribution in [1.29, 1.82) is 0 Å². The van der Waals surface area contributed by atoms with Crippen LogP contribution in [0.25, 0.3) is 0 Å². The molecular formula is C75H125N5O15. The van der Waals surface area contributed by atoms with Gasteiger partial charge in [-0.25, -0.2) is 0 Å². The van der Waals surface area contributed by atoms with Crippen molar-refractivity contribution in [1.82, 2.24) is 26.6 Å². The fraction of sp³-hybridized carbons (Fsp3) is 0.600. The molecule has 7 atom stereocenters. The van der Waals surface area contributed by atoms with Gasteiger partial charge in [0.25, 0.3) is 0 Å². The van der Waals surface area contributed by atoms with E-state index in [-0.39, 0.29) is 62.6 Å². The summed E-state index contributed by atoms with van der Waals surface area (Å²) in [5, 5.41) is 60.6. The lowest BCUT2D eigenvalue weighted by molar-refractivity contribution is 0.104. The van der Waals surface area contributed by atoms with Crippen LogP contribution in [0.5, 0.6) is 28.7 Å². The normalized spacial score (nSPS) is 25.9. The smallest absolute Gasteiger partial charge is 0.119 e. The number of aliphatic hydroxyl groups excluding tert-OH is 5. The molecule has 20 nitrogen and oxygen atoms in total. The molecule has 0 heterocycles. The average Bonchev–Trinajstić information content (AvgIpc) is 0.744. The van der Waals surface area contributed by atoms with Gasteiger partial charge in [-0.1, -0.05) is 130 Å². The van der Waals surface area contributed by atoms with Crippen LogP contribution in [0.3, 0.4) is 0 Å². The fourth-order valence-electron chi connectivity index (χ4n) is 5.33. The van der Waals surface area contributed by atoms with Crippen LogP contribution < -0.4 is 50.3 Å². The lowest BCUT2D eigenvalue weighted by Gasteiger charge is -2.15. The first-order valence-electron chi connectivity index (χ1n) is 55.2. The van der Waals surface area contributed by atoms with Crippen molar-refractivity contribution in [3.8, 4) is 28.7 Å². The van der Waals surface area contributed by atoms with Gasteiger partial charge in [-0.2, -0.15) is 0 Å². The zero-order valence-electron chi connectivity index (χ0n) is 109. The maximum absolute atomic E-state index is 10.3. The molecule has 0 spiro atoms. The van der Waals surface area contributed by atoms with Crippen molar-refractivity contribution >= 4 is 0 Å². The van der Waals surface area contributed by atoms with Crippen LogP contribution in [0, 0.1) is 0 Å². The van der Waals surface area contributed by atoms with Crippen molar-refractivity contribution in [3.05, 3.63) is 149 Å². The lowest BCUT2D eigenvalue weighted by Crippen LogP contribution is -2.35. The number of rotatable bonds is 45. The van der Waals surface area contributed by atoms with Gasteiger partial charge >= 0.3 is 0 Å². The topological polar surface area (TPSA) is 254 Å². The highest BCUT2D eigenvalue weighted by Gasteiger charge is 2.11. The van der Waals surface area contributed by atoms with Crippen LogP contribution in [0.2, 0.25) is 0 Å². The van der Waals surface area contributed by atoms with E-state index in [1.807, 2.05) is 5.32 Å². The summed E-state index contributed by atoms with van der Waals surface area (Å²) >= 11 is 0. The predicted octanol–water partition coefficient (Wildman–Crippen LogP) is 8.07. The third kappa shape index (κ3) is 50.5. The highest BCUT2D eigenvalue weighted by molar-refractivity contribution is 5.31. The molecule has 0 radical (unpaired) electrons. The van der Waals surface area contributed by atoms with Gasteiger partial charge in [0.2, 0.25) is 0 Å². The molecule has 0 aliphatic carbocycles. The van der Waals surface area contributed by atoms with E-state index in [2.05, 4.69) is 34.3 Å². The molecule has 5 aromatic carbocycles. The predicted molar refractivity (Wildman–Crippen MR) is 383 cm³/mol.